The van der Waals surface area contributed by atoms with Crippen molar-refractivity contribution in [2.24, 2.45) is 5.73 Å². The lowest BCUT2D eigenvalue weighted by atomic mass is 10.0. The van der Waals surface area contributed by atoms with Crippen molar-refractivity contribution in [3.63, 3.8) is 0 Å². The Bertz CT molecular complexity index is 1620. The summed E-state index contributed by atoms with van der Waals surface area (Å²) in [6.45, 7) is 4.03. The minimum Gasteiger partial charge on any atom is -0.452 e. The summed E-state index contributed by atoms with van der Waals surface area (Å²) in [6, 6.07) is 3.93. The van der Waals surface area contributed by atoms with Gasteiger partial charge in [-0.05, 0) is 44.9 Å². The number of halogens is 4. The van der Waals surface area contributed by atoms with E-state index in [4.69, 9.17) is 15.2 Å². The van der Waals surface area contributed by atoms with Crippen molar-refractivity contribution < 1.29 is 31.8 Å². The fourth-order valence-corrected chi connectivity index (χ4v) is 4.78. The van der Waals surface area contributed by atoms with Crippen molar-refractivity contribution in [2.75, 3.05) is 13.2 Å². The van der Waals surface area contributed by atoms with E-state index < -0.39 is 46.6 Å². The van der Waals surface area contributed by atoms with Crippen LogP contribution < -0.4 is 16.2 Å². The molecule has 1 aromatic carbocycles. The van der Waals surface area contributed by atoms with E-state index in [1.165, 1.54) is 29.0 Å². The summed E-state index contributed by atoms with van der Waals surface area (Å²) in [5, 5.41) is 4.10. The number of nitrogens with zero attached hydrogens (tertiary/aromatic N) is 4. The lowest BCUT2D eigenvalue weighted by molar-refractivity contribution is -0.146. The zero-order valence-electron chi connectivity index (χ0n) is 20.9. The van der Waals surface area contributed by atoms with E-state index in [0.29, 0.717) is 5.52 Å². The average molecular weight is 548 g/mol. The lowest BCUT2D eigenvalue weighted by Crippen LogP contribution is -2.27. The van der Waals surface area contributed by atoms with E-state index in [2.05, 4.69) is 15.1 Å². The molecular weight excluding hydrogens is 524 g/mol. The molecule has 4 aromatic rings. The number of imidazole rings is 1. The van der Waals surface area contributed by atoms with Crippen LogP contribution in [0.1, 0.15) is 54.8 Å². The molecule has 39 heavy (non-hydrogen) atoms. The Morgan fingerprint density at radius 3 is 2.54 bits per heavy atom. The molecule has 14 heteroatoms. The van der Waals surface area contributed by atoms with Crippen LogP contribution in [0.4, 0.5) is 17.6 Å². The molecule has 5 rings (SSSR count). The van der Waals surface area contributed by atoms with E-state index in [-0.39, 0.29) is 54.8 Å². The van der Waals surface area contributed by atoms with Gasteiger partial charge in [0.1, 0.15) is 11.2 Å². The Balaban J connectivity index is 1.59. The Labute approximate surface area is 218 Å². The molecule has 4 heterocycles. The first-order valence-corrected chi connectivity index (χ1v) is 12.1. The average Bonchev–Trinajstić information content (AvgIpc) is 3.45. The standard InChI is InChI=1S/C25H24F4N6O4/c1-12(2)34-20-17(5-8-31-23(20)32-24(34)37)39-16-4-3-13(11-15(16)26)19-18(22(30)36)21(25(27,28)29)35(33-19)14-6-9-38-10-7-14/h3-5,8,11-12,14H,6-7,9-10H2,1-2H3,(H2,30,36)(H,31,32,37). The maximum absolute atomic E-state index is 15.3. The number of hydrogen-bond donors (Lipinski definition) is 2. The molecule has 0 bridgehead atoms. The van der Waals surface area contributed by atoms with Gasteiger partial charge in [0, 0.05) is 37.1 Å². The van der Waals surface area contributed by atoms with Gasteiger partial charge in [-0.15, -0.1) is 0 Å². The number of carbonyl (C=O) groups excluding carboxylic acids is 1. The SMILES string of the molecule is CC(C)n1c(=O)[nH]c2nccc(Oc3ccc(-c4nn(C5CCOCC5)c(C(F)(F)F)c4C(N)=O)cc3F)c21. The van der Waals surface area contributed by atoms with Gasteiger partial charge >= 0.3 is 11.9 Å². The number of hydrogen-bond acceptors (Lipinski definition) is 6. The van der Waals surface area contributed by atoms with Gasteiger partial charge < -0.3 is 15.2 Å². The molecule has 10 nitrogen and oxygen atoms in total. The van der Waals surface area contributed by atoms with Gasteiger partial charge in [-0.3, -0.25) is 19.0 Å². The highest BCUT2D eigenvalue weighted by Gasteiger charge is 2.43. The number of pyridine rings is 1. The zero-order chi connectivity index (χ0) is 28.1. The first-order valence-electron chi connectivity index (χ1n) is 12.1. The normalized spacial score (nSPS) is 14.8. The number of nitrogens with two attached hydrogens (primary N) is 1. The van der Waals surface area contributed by atoms with Gasteiger partial charge in [-0.1, -0.05) is 0 Å². The summed E-state index contributed by atoms with van der Waals surface area (Å²) in [7, 11) is 0. The smallest absolute Gasteiger partial charge is 0.433 e. The van der Waals surface area contributed by atoms with Gasteiger partial charge in [0.15, 0.2) is 28.7 Å². The maximum atomic E-state index is 15.3. The number of nitrogens with one attached hydrogen (secondary N) is 1. The number of amides is 1. The molecule has 0 saturated carbocycles. The van der Waals surface area contributed by atoms with Gasteiger partial charge in [0.2, 0.25) is 0 Å². The van der Waals surface area contributed by atoms with Crippen LogP contribution >= 0.6 is 0 Å². The van der Waals surface area contributed by atoms with E-state index in [1.807, 2.05) is 0 Å². The molecule has 1 saturated heterocycles. The number of primary amides is 1. The van der Waals surface area contributed by atoms with Crippen LogP contribution in [0.15, 0.2) is 35.3 Å². The largest absolute Gasteiger partial charge is 0.452 e. The topological polar surface area (TPSA) is 130 Å². The summed E-state index contributed by atoms with van der Waals surface area (Å²) >= 11 is 0. The van der Waals surface area contributed by atoms with Gasteiger partial charge in [-0.2, -0.15) is 18.3 Å². The van der Waals surface area contributed by atoms with Crippen molar-refractivity contribution in [1.82, 2.24) is 24.3 Å². The Hall–Kier alpha value is -4.20. The van der Waals surface area contributed by atoms with Gasteiger partial charge in [0.25, 0.3) is 5.91 Å². The monoisotopic (exact) mass is 548 g/mol. The Morgan fingerprint density at radius 1 is 1.21 bits per heavy atom. The second kappa shape index (κ2) is 9.84. The number of alkyl halides is 3. The number of fused-ring (bicyclic) bond motifs is 1. The minimum absolute atomic E-state index is 0.0921. The first-order chi connectivity index (χ1) is 18.5. The Morgan fingerprint density at radius 2 is 1.92 bits per heavy atom. The summed E-state index contributed by atoms with van der Waals surface area (Å²) < 4.78 is 70.9. The molecule has 0 aliphatic carbocycles. The fraction of sp³-hybridized carbons (Fsp3) is 0.360. The highest BCUT2D eigenvalue weighted by molar-refractivity contribution is 6.00. The van der Waals surface area contributed by atoms with Crippen LogP contribution in [0, 0.1) is 5.82 Å². The Kier molecular flexibility index (Phi) is 6.66. The number of benzene rings is 1. The van der Waals surface area contributed by atoms with Crippen molar-refractivity contribution >= 4 is 17.1 Å². The second-order valence-corrected chi connectivity index (χ2v) is 9.37. The van der Waals surface area contributed by atoms with Crippen LogP contribution in [-0.2, 0) is 10.9 Å². The van der Waals surface area contributed by atoms with Gasteiger partial charge in [-0.25, -0.2) is 14.2 Å². The highest BCUT2D eigenvalue weighted by Crippen LogP contribution is 2.41. The molecule has 1 fully saturated rings. The minimum atomic E-state index is -4.94. The van der Waals surface area contributed by atoms with Crippen LogP contribution in [0.3, 0.4) is 0 Å². The number of H-pyrrole nitrogens is 1. The summed E-state index contributed by atoms with van der Waals surface area (Å²) in [5.41, 5.74) is 2.92. The molecule has 0 radical (unpaired) electrons. The quantitative estimate of drug-likeness (QED) is 0.340. The third-order valence-electron chi connectivity index (χ3n) is 6.48. The van der Waals surface area contributed by atoms with E-state index in [0.717, 1.165) is 10.7 Å². The van der Waals surface area contributed by atoms with E-state index in [1.54, 1.807) is 13.8 Å². The third-order valence-corrected chi connectivity index (χ3v) is 6.48. The van der Waals surface area contributed by atoms with Crippen molar-refractivity contribution in [2.45, 2.75) is 44.9 Å². The third kappa shape index (κ3) is 4.75. The molecular formula is C25H24F4N6O4. The summed E-state index contributed by atoms with van der Waals surface area (Å²) in [4.78, 5) is 31.3. The molecule has 1 aliphatic rings. The predicted octanol–water partition coefficient (Wildman–Crippen LogP) is 4.57. The van der Waals surface area contributed by atoms with Crippen LogP contribution in [0.2, 0.25) is 0 Å². The molecule has 1 aliphatic heterocycles. The van der Waals surface area contributed by atoms with Crippen LogP contribution in [0.5, 0.6) is 11.5 Å². The lowest BCUT2D eigenvalue weighted by Gasteiger charge is -2.24. The second-order valence-electron chi connectivity index (χ2n) is 9.37. The zero-order valence-corrected chi connectivity index (χ0v) is 20.9. The molecule has 0 unspecified atom stereocenters. The highest BCUT2D eigenvalue weighted by atomic mass is 19.4. The van der Waals surface area contributed by atoms with E-state index >= 15 is 4.39 Å². The van der Waals surface area contributed by atoms with Crippen LogP contribution in [0.25, 0.3) is 22.4 Å². The molecule has 0 atom stereocenters. The molecule has 206 valence electrons. The van der Waals surface area contributed by atoms with Crippen molar-refractivity contribution in [3.8, 4) is 22.8 Å². The summed E-state index contributed by atoms with van der Waals surface area (Å²) in [6.07, 6.45) is -3.05. The molecule has 3 N–H and O–H groups in total. The molecule has 0 spiro atoms. The summed E-state index contributed by atoms with van der Waals surface area (Å²) in [5.74, 6) is -2.40. The number of rotatable bonds is 6. The van der Waals surface area contributed by atoms with Gasteiger partial charge in [0.05, 0.1) is 11.6 Å². The van der Waals surface area contributed by atoms with Crippen LogP contribution in [-0.4, -0.2) is 43.4 Å². The number of ether oxygens (including phenoxy) is 2. The van der Waals surface area contributed by atoms with Crippen molar-refractivity contribution in [3.05, 3.63) is 58.0 Å². The fourth-order valence-electron chi connectivity index (χ4n) is 4.78. The first kappa shape index (κ1) is 26.4. The maximum Gasteiger partial charge on any atom is 0.433 e. The van der Waals surface area contributed by atoms with Crippen molar-refractivity contribution in [1.29, 1.82) is 0 Å². The number of carbonyl (C=O) groups is 1. The predicted molar refractivity (Wildman–Crippen MR) is 131 cm³/mol. The number of aromatic amines is 1. The molecule has 3 aromatic heterocycles. The molecule has 1 amide bonds. The van der Waals surface area contributed by atoms with E-state index in [9.17, 15) is 22.8 Å². The number of aromatic nitrogens is 5.